The van der Waals surface area contributed by atoms with Crippen molar-refractivity contribution < 1.29 is 19.0 Å². The molecule has 0 saturated carbocycles. The summed E-state index contributed by atoms with van der Waals surface area (Å²) in [5, 5.41) is 18.5. The van der Waals surface area contributed by atoms with Gasteiger partial charge in [-0.25, -0.2) is 9.18 Å². The quantitative estimate of drug-likeness (QED) is 0.371. The van der Waals surface area contributed by atoms with Crippen molar-refractivity contribution in [2.24, 2.45) is 7.05 Å². The normalized spacial score (nSPS) is 11.6. The third-order valence-electron chi connectivity index (χ3n) is 5.02. The molecule has 1 unspecified atom stereocenters. The van der Waals surface area contributed by atoms with Gasteiger partial charge in [-0.2, -0.15) is 5.10 Å². The average molecular weight is 462 g/mol. The van der Waals surface area contributed by atoms with E-state index in [1.807, 2.05) is 20.2 Å². The number of carbonyl (C=O) groups is 1. The lowest BCUT2D eigenvalue weighted by atomic mass is 10.0. The van der Waals surface area contributed by atoms with Crippen molar-refractivity contribution in [2.75, 3.05) is 17.2 Å². The fourth-order valence-corrected chi connectivity index (χ4v) is 3.17. The summed E-state index contributed by atoms with van der Waals surface area (Å²) < 4.78 is 22.1. The van der Waals surface area contributed by atoms with Crippen LogP contribution >= 0.6 is 0 Å². The monoisotopic (exact) mass is 462 g/mol. The number of aliphatic hydroxyl groups is 1. The van der Waals surface area contributed by atoms with Gasteiger partial charge in [0.15, 0.2) is 0 Å². The number of pyridine rings is 2. The van der Waals surface area contributed by atoms with E-state index in [1.165, 1.54) is 18.3 Å². The number of carbonyl (C=O) groups excluding carboxylic acids is 1. The van der Waals surface area contributed by atoms with Crippen LogP contribution in [0, 0.1) is 5.82 Å². The zero-order valence-electron chi connectivity index (χ0n) is 18.6. The molecular weight excluding hydrogens is 439 g/mol. The van der Waals surface area contributed by atoms with E-state index >= 15 is 0 Å². The molecular formula is C24H23FN6O3. The van der Waals surface area contributed by atoms with Crippen molar-refractivity contribution in [3.63, 3.8) is 0 Å². The minimum Gasteiger partial charge on any atom is -0.457 e. The van der Waals surface area contributed by atoms with Gasteiger partial charge in [0.05, 0.1) is 29.5 Å². The van der Waals surface area contributed by atoms with Gasteiger partial charge in [-0.15, -0.1) is 0 Å². The first-order valence-electron chi connectivity index (χ1n) is 10.5. The third kappa shape index (κ3) is 5.54. The Labute approximate surface area is 195 Å². The molecule has 3 N–H and O–H groups in total. The Balaban J connectivity index is 1.41. The van der Waals surface area contributed by atoms with Gasteiger partial charge >= 0.3 is 6.03 Å². The maximum atomic E-state index is 14.6. The van der Waals surface area contributed by atoms with Crippen LogP contribution < -0.4 is 15.4 Å². The highest BCUT2D eigenvalue weighted by Gasteiger charge is 2.12. The number of ether oxygens (including phenoxy) is 1. The highest BCUT2D eigenvalue weighted by Crippen LogP contribution is 2.28. The van der Waals surface area contributed by atoms with Gasteiger partial charge < -0.3 is 20.5 Å². The molecule has 0 aliphatic carbocycles. The van der Waals surface area contributed by atoms with Crippen LogP contribution in [-0.2, 0) is 7.05 Å². The number of nitrogens with zero attached hydrogens (tertiary/aromatic N) is 4. The summed E-state index contributed by atoms with van der Waals surface area (Å²) in [6.07, 6.45) is 8.20. The van der Waals surface area contributed by atoms with Crippen molar-refractivity contribution in [1.29, 1.82) is 0 Å². The molecule has 1 aromatic carbocycles. The first-order valence-corrected chi connectivity index (χ1v) is 10.5. The van der Waals surface area contributed by atoms with Crippen molar-refractivity contribution in [3.05, 3.63) is 78.8 Å². The molecule has 1 atom stereocenters. The van der Waals surface area contributed by atoms with E-state index in [0.29, 0.717) is 17.1 Å². The van der Waals surface area contributed by atoms with Crippen LogP contribution in [0.25, 0.3) is 11.3 Å². The molecule has 10 heteroatoms. The van der Waals surface area contributed by atoms with E-state index in [0.717, 1.165) is 11.1 Å². The van der Waals surface area contributed by atoms with Gasteiger partial charge in [0, 0.05) is 55.9 Å². The number of benzene rings is 1. The maximum absolute atomic E-state index is 14.6. The van der Waals surface area contributed by atoms with E-state index in [9.17, 15) is 14.3 Å². The second-order valence-electron chi connectivity index (χ2n) is 7.69. The Bertz CT molecular complexity index is 1310. The molecule has 34 heavy (non-hydrogen) atoms. The Hall–Kier alpha value is -4.31. The number of hydrogen-bond acceptors (Lipinski definition) is 6. The van der Waals surface area contributed by atoms with Crippen molar-refractivity contribution in [1.82, 2.24) is 19.7 Å². The van der Waals surface area contributed by atoms with Crippen molar-refractivity contribution in [3.8, 4) is 22.8 Å². The van der Waals surface area contributed by atoms with Gasteiger partial charge in [-0.1, -0.05) is 6.92 Å². The molecule has 0 aliphatic heterocycles. The lowest BCUT2D eigenvalue weighted by Crippen LogP contribution is -2.20. The van der Waals surface area contributed by atoms with E-state index < -0.39 is 11.8 Å². The number of urea groups is 1. The number of halogens is 1. The molecule has 2 amide bonds. The minimum atomic E-state index is -0.657. The van der Waals surface area contributed by atoms with Crippen molar-refractivity contribution in [2.45, 2.75) is 12.8 Å². The van der Waals surface area contributed by atoms with Gasteiger partial charge in [0.1, 0.15) is 17.3 Å². The molecule has 0 fully saturated rings. The molecule has 0 spiro atoms. The predicted octanol–water partition coefficient (Wildman–Crippen LogP) is 4.55. The fourth-order valence-electron chi connectivity index (χ4n) is 3.17. The molecule has 4 rings (SSSR count). The largest absolute Gasteiger partial charge is 0.457 e. The van der Waals surface area contributed by atoms with Crippen LogP contribution in [0.2, 0.25) is 0 Å². The summed E-state index contributed by atoms with van der Waals surface area (Å²) in [4.78, 5) is 20.7. The van der Waals surface area contributed by atoms with Crippen LogP contribution in [0.3, 0.4) is 0 Å². The highest BCUT2D eigenvalue weighted by molar-refractivity contribution is 5.99. The molecule has 0 saturated heterocycles. The molecule has 3 aromatic heterocycles. The summed E-state index contributed by atoms with van der Waals surface area (Å²) in [7, 11) is 1.81. The average Bonchev–Trinajstić information content (AvgIpc) is 3.27. The second-order valence-corrected chi connectivity index (χ2v) is 7.69. The van der Waals surface area contributed by atoms with E-state index in [4.69, 9.17) is 4.74 Å². The van der Waals surface area contributed by atoms with Gasteiger partial charge in [0.2, 0.25) is 0 Å². The second kappa shape index (κ2) is 10.1. The van der Waals surface area contributed by atoms with Crippen LogP contribution in [0.5, 0.6) is 11.5 Å². The summed E-state index contributed by atoms with van der Waals surface area (Å²) in [5.41, 5.74) is 2.70. The molecule has 3 heterocycles. The number of aliphatic hydroxyl groups excluding tert-OH is 1. The smallest absolute Gasteiger partial charge is 0.323 e. The summed E-state index contributed by atoms with van der Waals surface area (Å²) in [5.74, 6) is -0.0315. The fraction of sp³-hybridized carbons (Fsp3) is 0.167. The van der Waals surface area contributed by atoms with Crippen LogP contribution in [0.1, 0.15) is 18.4 Å². The molecule has 4 aromatic rings. The molecule has 9 nitrogen and oxygen atoms in total. The van der Waals surface area contributed by atoms with E-state index in [1.54, 1.807) is 47.5 Å². The first kappa shape index (κ1) is 22.9. The number of aryl methyl sites for hydroxylation is 1. The molecule has 0 bridgehead atoms. The Kier molecular flexibility index (Phi) is 6.79. The Morgan fingerprint density at radius 3 is 2.71 bits per heavy atom. The zero-order valence-corrected chi connectivity index (χ0v) is 18.6. The van der Waals surface area contributed by atoms with Gasteiger partial charge in [-0.05, 0) is 29.8 Å². The highest BCUT2D eigenvalue weighted by atomic mass is 19.1. The summed E-state index contributed by atoms with van der Waals surface area (Å²) >= 11 is 0. The Morgan fingerprint density at radius 2 is 1.97 bits per heavy atom. The van der Waals surface area contributed by atoms with E-state index in [-0.39, 0.29) is 24.0 Å². The molecule has 174 valence electrons. The van der Waals surface area contributed by atoms with E-state index in [2.05, 4.69) is 25.7 Å². The van der Waals surface area contributed by atoms with Crippen LogP contribution in [0.4, 0.5) is 20.6 Å². The summed E-state index contributed by atoms with van der Waals surface area (Å²) in [6.45, 7) is 1.80. The van der Waals surface area contributed by atoms with Crippen LogP contribution in [0.15, 0.2) is 67.4 Å². The number of rotatable bonds is 7. The lowest BCUT2D eigenvalue weighted by molar-refractivity contribution is 0.262. The molecule has 0 aliphatic rings. The van der Waals surface area contributed by atoms with Crippen molar-refractivity contribution >= 4 is 17.4 Å². The third-order valence-corrected chi connectivity index (χ3v) is 5.02. The topological polar surface area (TPSA) is 114 Å². The minimum absolute atomic E-state index is 0.0107. The summed E-state index contributed by atoms with van der Waals surface area (Å²) in [6, 6.07) is 8.62. The number of nitrogens with one attached hydrogen (secondary N) is 2. The SMILES string of the molecule is CC(CO)c1cncc(NC(=O)Nc2ccc(Oc3ccnc(-c4cnn(C)c4)c3)cc2F)c1. The maximum Gasteiger partial charge on any atom is 0.323 e. The van der Waals surface area contributed by atoms with Gasteiger partial charge in [-0.3, -0.25) is 14.6 Å². The number of aromatic nitrogens is 4. The number of anilines is 2. The number of hydrogen-bond donors (Lipinski definition) is 3. The predicted molar refractivity (Wildman–Crippen MR) is 125 cm³/mol. The Morgan fingerprint density at radius 1 is 1.15 bits per heavy atom. The molecule has 0 radical (unpaired) electrons. The van der Waals surface area contributed by atoms with Gasteiger partial charge in [0.25, 0.3) is 0 Å². The lowest BCUT2D eigenvalue weighted by Gasteiger charge is -2.12. The number of amides is 2. The first-order chi connectivity index (χ1) is 16.4. The van der Waals surface area contributed by atoms with Crippen LogP contribution in [-0.4, -0.2) is 37.5 Å². The zero-order chi connectivity index (χ0) is 24.1. The standard InChI is InChI=1S/C24H23FN6O3/c1-15(14-32)16-7-18(12-26-10-16)29-24(33)30-22-4-3-19(8-21(22)25)34-20-5-6-27-23(9-20)17-11-28-31(2)13-17/h3-13,15,32H,14H2,1-2H3,(H2,29,30,33).